The second kappa shape index (κ2) is 6.48. The summed E-state index contributed by atoms with van der Waals surface area (Å²) in [5.41, 5.74) is 0. The Balaban J connectivity index is 2.78. The molecule has 0 bridgehead atoms. The second-order valence-corrected chi connectivity index (χ2v) is 3.62. The van der Waals surface area contributed by atoms with Gasteiger partial charge in [-0.05, 0) is 0 Å². The third-order valence-corrected chi connectivity index (χ3v) is 2.76. The molecule has 1 aliphatic rings. The summed E-state index contributed by atoms with van der Waals surface area (Å²) in [5.74, 6) is 0. The molecule has 0 unspecified atom stereocenters. The van der Waals surface area contributed by atoms with Crippen LogP contribution in [0.15, 0.2) is 0 Å². The van der Waals surface area contributed by atoms with Crippen molar-refractivity contribution < 1.29 is 28.8 Å². The topological polar surface area (TPSA) is 66.4 Å². The van der Waals surface area contributed by atoms with Crippen LogP contribution in [-0.4, -0.2) is 70.9 Å². The summed E-state index contributed by atoms with van der Waals surface area (Å²) >= 11 is 0. The van der Waals surface area contributed by atoms with Gasteiger partial charge in [-0.1, -0.05) is 0 Å². The van der Waals surface area contributed by atoms with Crippen LogP contribution in [0, 0.1) is 0 Å². The lowest BCUT2D eigenvalue weighted by atomic mass is 9.98. The molecule has 1 saturated heterocycles. The molecule has 0 aromatic carbocycles. The molecule has 1 heterocycles. The zero-order chi connectivity index (χ0) is 12.1. The molecule has 0 amide bonds. The van der Waals surface area contributed by atoms with Gasteiger partial charge in [0, 0.05) is 28.4 Å². The predicted molar refractivity (Wildman–Crippen MR) is 55.1 cm³/mol. The SMILES string of the molecule is COC[C@H]1O[C@H](O)[C@@H](OC)[C@H](OC)[C@@H]1OC. The van der Waals surface area contributed by atoms with Crippen molar-refractivity contribution >= 4 is 0 Å². The number of aliphatic hydroxyl groups excluding tert-OH is 1. The summed E-state index contributed by atoms with van der Waals surface area (Å²) in [6.45, 7) is 0.325. The first-order valence-electron chi connectivity index (χ1n) is 5.10. The molecule has 96 valence electrons. The Morgan fingerprint density at radius 3 is 1.94 bits per heavy atom. The molecule has 6 nitrogen and oxygen atoms in total. The van der Waals surface area contributed by atoms with Gasteiger partial charge in [0.05, 0.1) is 6.61 Å². The van der Waals surface area contributed by atoms with Gasteiger partial charge in [0.15, 0.2) is 6.29 Å². The van der Waals surface area contributed by atoms with E-state index in [0.29, 0.717) is 6.61 Å². The Morgan fingerprint density at radius 2 is 1.50 bits per heavy atom. The fraction of sp³-hybridized carbons (Fsp3) is 1.00. The van der Waals surface area contributed by atoms with Crippen molar-refractivity contribution in [2.24, 2.45) is 0 Å². The average molecular weight is 236 g/mol. The summed E-state index contributed by atoms with van der Waals surface area (Å²) in [6.07, 6.45) is -2.71. The maximum Gasteiger partial charge on any atom is 0.184 e. The highest BCUT2D eigenvalue weighted by Crippen LogP contribution is 2.25. The highest BCUT2D eigenvalue weighted by molar-refractivity contribution is 4.91. The summed E-state index contributed by atoms with van der Waals surface area (Å²) in [4.78, 5) is 0. The molecule has 0 aliphatic carbocycles. The number of methoxy groups -OCH3 is 4. The lowest BCUT2D eigenvalue weighted by molar-refractivity contribution is -0.300. The maximum absolute atomic E-state index is 9.74. The minimum atomic E-state index is -1.04. The van der Waals surface area contributed by atoms with Crippen molar-refractivity contribution in [3.05, 3.63) is 0 Å². The first kappa shape index (κ1) is 13.8. The van der Waals surface area contributed by atoms with Gasteiger partial charge in [0.2, 0.25) is 0 Å². The molecule has 1 rings (SSSR count). The van der Waals surface area contributed by atoms with Crippen LogP contribution in [0.4, 0.5) is 0 Å². The Bertz CT molecular complexity index is 200. The van der Waals surface area contributed by atoms with Gasteiger partial charge < -0.3 is 28.8 Å². The van der Waals surface area contributed by atoms with Gasteiger partial charge in [-0.25, -0.2) is 0 Å². The number of rotatable bonds is 5. The van der Waals surface area contributed by atoms with Crippen LogP contribution in [0.5, 0.6) is 0 Å². The number of hydrogen-bond donors (Lipinski definition) is 1. The summed E-state index contributed by atoms with van der Waals surface area (Å²) in [6, 6.07) is 0. The van der Waals surface area contributed by atoms with Crippen molar-refractivity contribution in [2.75, 3.05) is 35.0 Å². The minimum Gasteiger partial charge on any atom is -0.382 e. The van der Waals surface area contributed by atoms with Crippen LogP contribution in [0.25, 0.3) is 0 Å². The van der Waals surface area contributed by atoms with E-state index in [-0.39, 0.29) is 18.3 Å². The molecular formula is C10H20O6. The molecule has 0 aromatic rings. The molecule has 1 fully saturated rings. The van der Waals surface area contributed by atoms with Crippen molar-refractivity contribution in [1.82, 2.24) is 0 Å². The van der Waals surface area contributed by atoms with Crippen LogP contribution < -0.4 is 0 Å². The highest BCUT2D eigenvalue weighted by Gasteiger charge is 2.46. The Kier molecular flexibility index (Phi) is 5.60. The molecule has 16 heavy (non-hydrogen) atoms. The Labute approximate surface area is 95.4 Å². The fourth-order valence-electron chi connectivity index (χ4n) is 2.00. The summed E-state index contributed by atoms with van der Waals surface area (Å²) in [7, 11) is 6.16. The molecule has 1 N–H and O–H groups in total. The zero-order valence-corrected chi connectivity index (χ0v) is 10.1. The molecule has 0 radical (unpaired) electrons. The Morgan fingerprint density at radius 1 is 0.938 bits per heavy atom. The van der Waals surface area contributed by atoms with Crippen molar-refractivity contribution in [3.63, 3.8) is 0 Å². The van der Waals surface area contributed by atoms with Crippen LogP contribution in [0.3, 0.4) is 0 Å². The monoisotopic (exact) mass is 236 g/mol. The highest BCUT2D eigenvalue weighted by atomic mass is 16.7. The van der Waals surface area contributed by atoms with Gasteiger partial charge in [0.1, 0.15) is 24.4 Å². The van der Waals surface area contributed by atoms with Crippen LogP contribution in [0.1, 0.15) is 0 Å². The fourth-order valence-corrected chi connectivity index (χ4v) is 2.00. The largest absolute Gasteiger partial charge is 0.382 e. The van der Waals surface area contributed by atoms with E-state index in [2.05, 4.69) is 0 Å². The third-order valence-electron chi connectivity index (χ3n) is 2.76. The maximum atomic E-state index is 9.74. The normalized spacial score (nSPS) is 39.9. The van der Waals surface area contributed by atoms with Gasteiger partial charge >= 0.3 is 0 Å². The van der Waals surface area contributed by atoms with Crippen LogP contribution in [0.2, 0.25) is 0 Å². The van der Waals surface area contributed by atoms with E-state index >= 15 is 0 Å². The first-order valence-corrected chi connectivity index (χ1v) is 5.10. The average Bonchev–Trinajstić information content (AvgIpc) is 2.28. The molecule has 0 spiro atoms. The number of aliphatic hydroxyl groups is 1. The molecule has 0 saturated carbocycles. The molecular weight excluding hydrogens is 216 g/mol. The lowest BCUT2D eigenvalue weighted by Gasteiger charge is -2.42. The van der Waals surface area contributed by atoms with E-state index < -0.39 is 12.4 Å². The first-order chi connectivity index (χ1) is 7.69. The van der Waals surface area contributed by atoms with E-state index in [1.54, 1.807) is 21.3 Å². The van der Waals surface area contributed by atoms with E-state index in [0.717, 1.165) is 0 Å². The van der Waals surface area contributed by atoms with Crippen LogP contribution >= 0.6 is 0 Å². The Hall–Kier alpha value is -0.240. The quantitative estimate of drug-likeness (QED) is 0.687. The van der Waals surface area contributed by atoms with E-state index in [4.69, 9.17) is 23.7 Å². The molecule has 5 atom stereocenters. The van der Waals surface area contributed by atoms with E-state index in [1.165, 1.54) is 7.11 Å². The van der Waals surface area contributed by atoms with E-state index in [9.17, 15) is 5.11 Å². The summed E-state index contributed by atoms with van der Waals surface area (Å²) < 4.78 is 26.1. The standard InChI is InChI=1S/C10H20O6/c1-12-5-6-7(13-2)8(14-3)9(15-4)10(11)16-6/h6-11H,5H2,1-4H3/t6-,7-,8-,9+,10+/m1/s1. The van der Waals surface area contributed by atoms with Gasteiger partial charge in [-0.3, -0.25) is 0 Å². The molecule has 1 aliphatic heterocycles. The lowest BCUT2D eigenvalue weighted by Crippen LogP contribution is -2.60. The zero-order valence-electron chi connectivity index (χ0n) is 10.1. The smallest absolute Gasteiger partial charge is 0.184 e. The molecule has 6 heteroatoms. The van der Waals surface area contributed by atoms with Crippen molar-refractivity contribution in [2.45, 2.75) is 30.7 Å². The minimum absolute atomic E-state index is 0.325. The second-order valence-electron chi connectivity index (χ2n) is 3.62. The van der Waals surface area contributed by atoms with Crippen molar-refractivity contribution in [3.8, 4) is 0 Å². The van der Waals surface area contributed by atoms with Crippen molar-refractivity contribution in [1.29, 1.82) is 0 Å². The van der Waals surface area contributed by atoms with Gasteiger partial charge in [-0.15, -0.1) is 0 Å². The van der Waals surface area contributed by atoms with Gasteiger partial charge in [-0.2, -0.15) is 0 Å². The predicted octanol–water partition coefficient (Wildman–Crippen LogP) is -0.605. The van der Waals surface area contributed by atoms with Gasteiger partial charge in [0.25, 0.3) is 0 Å². The number of ether oxygens (including phenoxy) is 5. The third kappa shape index (κ3) is 2.71. The molecule has 0 aromatic heterocycles. The number of hydrogen-bond acceptors (Lipinski definition) is 6. The van der Waals surface area contributed by atoms with E-state index in [1.807, 2.05) is 0 Å². The summed E-state index contributed by atoms with van der Waals surface area (Å²) in [5, 5.41) is 9.74. The van der Waals surface area contributed by atoms with Crippen LogP contribution in [-0.2, 0) is 23.7 Å².